The molecule has 4 aliphatic rings. The van der Waals surface area contributed by atoms with Crippen molar-refractivity contribution in [2.75, 3.05) is 19.6 Å². The molecule has 0 aromatic heterocycles. The molecule has 0 spiro atoms. The van der Waals surface area contributed by atoms with Crippen molar-refractivity contribution in [2.24, 2.45) is 11.8 Å². The summed E-state index contributed by atoms with van der Waals surface area (Å²) in [4.78, 5) is 2.29. The van der Waals surface area contributed by atoms with Gasteiger partial charge in [0, 0.05) is 18.6 Å². The van der Waals surface area contributed by atoms with Crippen LogP contribution < -0.4 is 5.32 Å². The van der Waals surface area contributed by atoms with Crippen molar-refractivity contribution in [1.29, 1.82) is 5.26 Å². The molecule has 1 heterocycles. The number of aliphatic hydroxyl groups is 1. The molecule has 1 aliphatic heterocycles. The molecule has 4 heteroatoms. The second kappa shape index (κ2) is 5.06. The Morgan fingerprint density at radius 1 is 1.50 bits per heavy atom. The molecule has 4 nitrogen and oxygen atoms in total. The van der Waals surface area contributed by atoms with Crippen LogP contribution in [-0.2, 0) is 0 Å². The minimum Gasteiger partial charge on any atom is -0.390 e. The Bertz CT molecular complexity index is 539. The predicted molar refractivity (Wildman–Crippen MR) is 85.1 cm³/mol. The summed E-state index contributed by atoms with van der Waals surface area (Å²) in [7, 11) is 0. The van der Waals surface area contributed by atoms with E-state index in [1.165, 1.54) is 6.42 Å². The van der Waals surface area contributed by atoms with Gasteiger partial charge in [0.2, 0.25) is 0 Å². The Hall–Kier alpha value is -0.890. The zero-order chi connectivity index (χ0) is 15.4. The Balaban J connectivity index is 1.39. The molecule has 22 heavy (non-hydrogen) atoms. The SMILES string of the molecule is CC1(NCCN2CCCC2C#N)C=C2CC3CC(O)(CC23)C1. The molecule has 2 saturated carbocycles. The molecule has 120 valence electrons. The summed E-state index contributed by atoms with van der Waals surface area (Å²) in [6.07, 6.45) is 8.57. The highest BCUT2D eigenvalue weighted by atomic mass is 16.3. The van der Waals surface area contributed by atoms with E-state index in [9.17, 15) is 5.11 Å². The molecule has 5 unspecified atom stereocenters. The minimum absolute atomic E-state index is 0.0912. The second-order valence-corrected chi connectivity index (χ2v) is 8.27. The molecular formula is C18H27N3O. The average molecular weight is 301 g/mol. The van der Waals surface area contributed by atoms with Crippen molar-refractivity contribution in [1.82, 2.24) is 10.2 Å². The number of likely N-dealkylation sites (tertiary alicyclic amines) is 1. The fraction of sp³-hybridized carbons (Fsp3) is 0.833. The lowest BCUT2D eigenvalue weighted by atomic mass is 9.69. The summed E-state index contributed by atoms with van der Waals surface area (Å²) in [6, 6.07) is 2.52. The van der Waals surface area contributed by atoms with Crippen molar-refractivity contribution in [3.05, 3.63) is 11.6 Å². The van der Waals surface area contributed by atoms with Crippen molar-refractivity contribution < 1.29 is 5.11 Å². The van der Waals surface area contributed by atoms with Crippen molar-refractivity contribution >= 4 is 0 Å². The Morgan fingerprint density at radius 3 is 3.18 bits per heavy atom. The Labute approximate surface area is 133 Å². The van der Waals surface area contributed by atoms with Crippen LogP contribution in [0.15, 0.2) is 11.6 Å². The molecule has 0 radical (unpaired) electrons. The molecule has 2 N–H and O–H groups in total. The van der Waals surface area contributed by atoms with E-state index in [1.54, 1.807) is 5.57 Å². The van der Waals surface area contributed by atoms with Crippen LogP contribution in [0.5, 0.6) is 0 Å². The van der Waals surface area contributed by atoms with E-state index >= 15 is 0 Å². The molecule has 3 aliphatic carbocycles. The third-order valence-corrected chi connectivity index (χ3v) is 6.43. The molecule has 5 atom stereocenters. The van der Waals surface area contributed by atoms with E-state index < -0.39 is 5.60 Å². The molecule has 1 saturated heterocycles. The van der Waals surface area contributed by atoms with Gasteiger partial charge in [-0.25, -0.2) is 0 Å². The monoisotopic (exact) mass is 301 g/mol. The van der Waals surface area contributed by atoms with Gasteiger partial charge in [0.15, 0.2) is 0 Å². The minimum atomic E-state index is -0.464. The van der Waals surface area contributed by atoms with Gasteiger partial charge in [0.1, 0.15) is 0 Å². The lowest BCUT2D eigenvalue weighted by Gasteiger charge is -2.40. The van der Waals surface area contributed by atoms with Crippen molar-refractivity contribution in [3.8, 4) is 6.07 Å². The van der Waals surface area contributed by atoms with Gasteiger partial charge >= 0.3 is 0 Å². The van der Waals surface area contributed by atoms with Crippen LogP contribution in [0.1, 0.15) is 45.4 Å². The average Bonchev–Trinajstić information content (AvgIpc) is 2.97. The normalized spacial score (nSPS) is 46.8. The van der Waals surface area contributed by atoms with Gasteiger partial charge in [-0.3, -0.25) is 4.90 Å². The van der Waals surface area contributed by atoms with Gasteiger partial charge in [-0.15, -0.1) is 0 Å². The highest BCUT2D eigenvalue weighted by Gasteiger charge is 2.55. The van der Waals surface area contributed by atoms with E-state index in [-0.39, 0.29) is 11.6 Å². The van der Waals surface area contributed by atoms with E-state index in [4.69, 9.17) is 5.26 Å². The molecular weight excluding hydrogens is 274 g/mol. The molecule has 2 bridgehead atoms. The lowest BCUT2D eigenvalue weighted by Crippen LogP contribution is -2.50. The van der Waals surface area contributed by atoms with Gasteiger partial charge < -0.3 is 10.4 Å². The van der Waals surface area contributed by atoms with Gasteiger partial charge in [-0.2, -0.15) is 5.26 Å². The first-order valence-corrected chi connectivity index (χ1v) is 8.83. The number of fused-ring (bicyclic) bond motifs is 1. The lowest BCUT2D eigenvalue weighted by molar-refractivity contribution is 0.0165. The van der Waals surface area contributed by atoms with E-state index in [0.717, 1.165) is 57.7 Å². The Morgan fingerprint density at radius 2 is 2.36 bits per heavy atom. The summed E-state index contributed by atoms with van der Waals surface area (Å²) in [6.45, 7) is 5.10. The number of nitrogens with one attached hydrogen (secondary N) is 1. The summed E-state index contributed by atoms with van der Waals surface area (Å²) in [5, 5.41) is 23.7. The first-order valence-electron chi connectivity index (χ1n) is 8.83. The number of nitrogens with zero attached hydrogens (tertiary/aromatic N) is 2. The third kappa shape index (κ3) is 2.40. The number of nitriles is 1. The maximum absolute atomic E-state index is 10.9. The first kappa shape index (κ1) is 14.7. The zero-order valence-electron chi connectivity index (χ0n) is 13.5. The highest BCUT2D eigenvalue weighted by molar-refractivity contribution is 5.31. The standard InChI is InChI=1S/C18H27N3O/c1-17(20-4-6-21-5-2-3-15(21)11-19)8-13-7-14-9-18(22,12-17)10-16(13)14/h8,14-16,20,22H,2-7,9-10,12H2,1H3. The molecule has 0 aromatic carbocycles. The van der Waals surface area contributed by atoms with Crippen molar-refractivity contribution in [2.45, 2.75) is 62.6 Å². The molecule has 0 amide bonds. The summed E-state index contributed by atoms with van der Waals surface area (Å²) < 4.78 is 0. The van der Waals surface area contributed by atoms with Crippen LogP contribution in [-0.4, -0.2) is 46.8 Å². The summed E-state index contributed by atoms with van der Waals surface area (Å²) in [5.74, 6) is 1.41. The Kier molecular flexibility index (Phi) is 3.38. The smallest absolute Gasteiger partial charge is 0.0978 e. The van der Waals surface area contributed by atoms with Crippen LogP contribution in [0, 0.1) is 23.2 Å². The fourth-order valence-electron chi connectivity index (χ4n) is 5.52. The van der Waals surface area contributed by atoms with Gasteiger partial charge in [0.25, 0.3) is 0 Å². The van der Waals surface area contributed by atoms with Crippen LogP contribution in [0.3, 0.4) is 0 Å². The highest BCUT2D eigenvalue weighted by Crippen LogP contribution is 2.59. The quantitative estimate of drug-likeness (QED) is 0.778. The molecule has 0 aromatic rings. The van der Waals surface area contributed by atoms with E-state index in [1.807, 2.05) is 0 Å². The van der Waals surface area contributed by atoms with Crippen molar-refractivity contribution in [3.63, 3.8) is 0 Å². The van der Waals surface area contributed by atoms with E-state index in [0.29, 0.717) is 5.92 Å². The van der Waals surface area contributed by atoms with E-state index in [2.05, 4.69) is 29.3 Å². The maximum atomic E-state index is 10.9. The largest absolute Gasteiger partial charge is 0.390 e. The zero-order valence-corrected chi connectivity index (χ0v) is 13.5. The number of hydrogen-bond acceptors (Lipinski definition) is 4. The van der Waals surface area contributed by atoms with Gasteiger partial charge in [-0.05, 0) is 63.8 Å². The van der Waals surface area contributed by atoms with Crippen LogP contribution in [0.4, 0.5) is 0 Å². The second-order valence-electron chi connectivity index (χ2n) is 8.27. The predicted octanol–water partition coefficient (Wildman–Crippen LogP) is 1.81. The number of hydrogen-bond donors (Lipinski definition) is 2. The number of rotatable bonds is 4. The number of allylic oxidation sites excluding steroid dienone is 1. The maximum Gasteiger partial charge on any atom is 0.0978 e. The summed E-state index contributed by atoms with van der Waals surface area (Å²) >= 11 is 0. The van der Waals surface area contributed by atoms with Gasteiger partial charge in [0.05, 0.1) is 17.7 Å². The molecule has 3 fully saturated rings. The van der Waals surface area contributed by atoms with Crippen LogP contribution in [0.25, 0.3) is 0 Å². The molecule has 4 rings (SSSR count). The van der Waals surface area contributed by atoms with Crippen LogP contribution >= 0.6 is 0 Å². The third-order valence-electron chi connectivity index (χ3n) is 6.43. The van der Waals surface area contributed by atoms with Crippen LogP contribution in [0.2, 0.25) is 0 Å². The summed E-state index contributed by atoms with van der Waals surface area (Å²) in [5.41, 5.74) is 1.02. The topological polar surface area (TPSA) is 59.3 Å². The van der Waals surface area contributed by atoms with Gasteiger partial charge in [-0.1, -0.05) is 11.6 Å². The fourth-order valence-corrected chi connectivity index (χ4v) is 5.52. The first-order chi connectivity index (χ1) is 10.5.